The lowest BCUT2D eigenvalue weighted by Gasteiger charge is -2.43. The molecule has 10 nitrogen and oxygen atoms in total. The summed E-state index contributed by atoms with van der Waals surface area (Å²) in [6.45, 7) is 12.1. The third-order valence-electron chi connectivity index (χ3n) is 5.71. The van der Waals surface area contributed by atoms with E-state index in [1.165, 1.54) is 11.0 Å². The molecule has 0 spiro atoms. The molecule has 2 atom stereocenters. The van der Waals surface area contributed by atoms with E-state index in [1.54, 1.807) is 60.6 Å². The van der Waals surface area contributed by atoms with Crippen molar-refractivity contribution in [2.45, 2.75) is 84.7 Å². The highest BCUT2D eigenvalue weighted by atomic mass is 16.6. The Hall–Kier alpha value is -4.08. The molecule has 4 amide bonds. The van der Waals surface area contributed by atoms with E-state index in [-0.39, 0.29) is 12.3 Å². The molecule has 0 heterocycles. The average molecular weight is 541 g/mol. The minimum absolute atomic E-state index is 0.0361. The number of aryl methyl sites for hydroxylation is 1. The van der Waals surface area contributed by atoms with E-state index in [4.69, 9.17) is 10.5 Å². The maximum Gasteiger partial charge on any atom is 0.408 e. The first-order valence-electron chi connectivity index (χ1n) is 12.7. The molecule has 2 rings (SSSR count). The van der Waals surface area contributed by atoms with Crippen LogP contribution in [0, 0.1) is 6.92 Å². The Labute approximate surface area is 229 Å². The van der Waals surface area contributed by atoms with Gasteiger partial charge in [0.05, 0.1) is 6.42 Å². The average Bonchev–Trinajstić information content (AvgIpc) is 2.80. The smallest absolute Gasteiger partial charge is 0.408 e. The fourth-order valence-corrected chi connectivity index (χ4v) is 4.01. The first-order chi connectivity index (χ1) is 18.0. The second-order valence-electron chi connectivity index (χ2n) is 11.4. The fourth-order valence-electron chi connectivity index (χ4n) is 4.01. The Bertz CT molecular complexity index is 1180. The number of carbonyl (C=O) groups excluding carboxylic acids is 4. The van der Waals surface area contributed by atoms with Crippen molar-refractivity contribution in [1.82, 2.24) is 15.5 Å². The number of nitrogens with two attached hydrogens (primary N) is 1. The summed E-state index contributed by atoms with van der Waals surface area (Å²) in [6.07, 6.45) is -1.40. The van der Waals surface area contributed by atoms with E-state index in [2.05, 4.69) is 10.6 Å². The van der Waals surface area contributed by atoms with E-state index in [0.717, 1.165) is 5.56 Å². The molecule has 2 unspecified atom stereocenters. The van der Waals surface area contributed by atoms with Crippen LogP contribution in [0.2, 0.25) is 0 Å². The van der Waals surface area contributed by atoms with Gasteiger partial charge in [0.1, 0.15) is 23.4 Å². The normalized spacial score (nSPS) is 13.1. The molecule has 0 aliphatic rings. The Morgan fingerprint density at radius 1 is 1.00 bits per heavy atom. The molecule has 212 valence electrons. The Balaban J connectivity index is 2.56. The lowest BCUT2D eigenvalue weighted by Crippen LogP contribution is -2.59. The van der Waals surface area contributed by atoms with Crippen LogP contribution in [0.4, 0.5) is 4.79 Å². The summed E-state index contributed by atoms with van der Waals surface area (Å²) in [5, 5.41) is 15.5. The van der Waals surface area contributed by atoms with Gasteiger partial charge in [-0.1, -0.05) is 36.4 Å². The van der Waals surface area contributed by atoms with Gasteiger partial charge in [0.15, 0.2) is 0 Å². The quantitative estimate of drug-likeness (QED) is 0.382. The number of nitrogens with one attached hydrogen (secondary N) is 2. The Morgan fingerprint density at radius 2 is 1.62 bits per heavy atom. The number of carbonyl (C=O) groups is 4. The van der Waals surface area contributed by atoms with Crippen molar-refractivity contribution in [3.8, 4) is 5.75 Å². The van der Waals surface area contributed by atoms with Crippen molar-refractivity contribution in [2.24, 2.45) is 5.73 Å². The van der Waals surface area contributed by atoms with Crippen molar-refractivity contribution in [1.29, 1.82) is 0 Å². The van der Waals surface area contributed by atoms with Crippen LogP contribution in [-0.4, -0.2) is 51.0 Å². The predicted octanol–water partition coefficient (Wildman–Crippen LogP) is 3.45. The van der Waals surface area contributed by atoms with Gasteiger partial charge in [-0.2, -0.15) is 0 Å². The third kappa shape index (κ3) is 9.31. The molecule has 0 aromatic heterocycles. The topological polar surface area (TPSA) is 151 Å². The summed E-state index contributed by atoms with van der Waals surface area (Å²) < 4.78 is 5.29. The first kappa shape index (κ1) is 31.1. The van der Waals surface area contributed by atoms with Crippen LogP contribution >= 0.6 is 0 Å². The number of hydrogen-bond donors (Lipinski definition) is 4. The molecule has 2 aromatic rings. The number of alkyl carbamates (subject to hydrolysis) is 1. The molecule has 0 saturated carbocycles. The summed E-state index contributed by atoms with van der Waals surface area (Å²) >= 11 is 0. The second kappa shape index (κ2) is 12.6. The lowest BCUT2D eigenvalue weighted by atomic mass is 9.94. The van der Waals surface area contributed by atoms with Gasteiger partial charge in [0.2, 0.25) is 17.7 Å². The minimum atomic E-state index is -1.39. The van der Waals surface area contributed by atoms with Crippen LogP contribution in [-0.2, 0) is 25.7 Å². The molecule has 0 aliphatic heterocycles. The van der Waals surface area contributed by atoms with Crippen LogP contribution in [0.1, 0.15) is 70.7 Å². The summed E-state index contributed by atoms with van der Waals surface area (Å²) in [7, 11) is 0. The number of ether oxygens (including phenoxy) is 1. The van der Waals surface area contributed by atoms with Gasteiger partial charge in [0, 0.05) is 12.1 Å². The zero-order chi connectivity index (χ0) is 29.5. The fraction of sp³-hybridized carbons (Fsp3) is 0.448. The monoisotopic (exact) mass is 540 g/mol. The van der Waals surface area contributed by atoms with E-state index in [0.29, 0.717) is 11.1 Å². The summed E-state index contributed by atoms with van der Waals surface area (Å²) in [4.78, 5) is 53.7. The van der Waals surface area contributed by atoms with Crippen molar-refractivity contribution in [3.05, 3.63) is 65.2 Å². The van der Waals surface area contributed by atoms with Crippen molar-refractivity contribution < 1.29 is 29.0 Å². The van der Waals surface area contributed by atoms with Crippen molar-refractivity contribution >= 4 is 23.8 Å². The minimum Gasteiger partial charge on any atom is -0.508 e. The molecular weight excluding hydrogens is 500 g/mol. The predicted molar refractivity (Wildman–Crippen MR) is 147 cm³/mol. The molecule has 0 aliphatic carbocycles. The van der Waals surface area contributed by atoms with Gasteiger partial charge < -0.3 is 31.1 Å². The molecule has 2 aromatic carbocycles. The van der Waals surface area contributed by atoms with Crippen molar-refractivity contribution in [3.63, 3.8) is 0 Å². The molecule has 0 radical (unpaired) electrons. The second-order valence-corrected chi connectivity index (χ2v) is 11.4. The third-order valence-corrected chi connectivity index (χ3v) is 5.71. The highest BCUT2D eigenvalue weighted by Crippen LogP contribution is 2.32. The van der Waals surface area contributed by atoms with Crippen molar-refractivity contribution in [2.75, 3.05) is 0 Å². The standard InChI is InChI=1S/C29H40N4O6/c1-18-15-20(13-14-22(18)34)24(25(36)31-17-19-11-9-8-10-12-19)33(28(2,3)4)26(37)21(16-23(30)35)32-27(38)39-29(5,6)7/h8-15,21,24,34H,16-17H2,1-7H3,(H2,30,35)(H,31,36)(H,32,38). The van der Waals surface area contributed by atoms with E-state index in [1.807, 2.05) is 30.3 Å². The van der Waals surface area contributed by atoms with E-state index in [9.17, 15) is 24.3 Å². The van der Waals surface area contributed by atoms with Crippen LogP contribution in [0.5, 0.6) is 5.75 Å². The number of aromatic hydroxyl groups is 1. The van der Waals surface area contributed by atoms with Crippen LogP contribution in [0.3, 0.4) is 0 Å². The number of phenolic OH excluding ortho intramolecular Hbond substituents is 1. The summed E-state index contributed by atoms with van der Waals surface area (Å²) in [5.41, 5.74) is 5.43. The van der Waals surface area contributed by atoms with Crippen LogP contribution < -0.4 is 16.4 Å². The zero-order valence-electron chi connectivity index (χ0n) is 23.7. The number of benzene rings is 2. The molecule has 0 saturated heterocycles. The SMILES string of the molecule is Cc1cc(C(C(=O)NCc2ccccc2)N(C(=O)C(CC(N)=O)NC(=O)OC(C)(C)C)C(C)(C)C)ccc1O. The van der Waals surface area contributed by atoms with Gasteiger partial charge >= 0.3 is 6.09 Å². The Morgan fingerprint density at radius 3 is 2.13 bits per heavy atom. The molecule has 5 N–H and O–H groups in total. The van der Waals surface area contributed by atoms with Gasteiger partial charge in [-0.3, -0.25) is 14.4 Å². The maximum absolute atomic E-state index is 14.1. The lowest BCUT2D eigenvalue weighted by molar-refractivity contribution is -0.149. The van der Waals surface area contributed by atoms with Crippen LogP contribution in [0.15, 0.2) is 48.5 Å². The number of primary amides is 1. The zero-order valence-corrected chi connectivity index (χ0v) is 23.7. The number of amides is 4. The number of nitrogens with zero attached hydrogens (tertiary/aromatic N) is 1. The van der Waals surface area contributed by atoms with Gasteiger partial charge in [-0.25, -0.2) is 4.79 Å². The molecule has 10 heteroatoms. The molecule has 0 bridgehead atoms. The van der Waals surface area contributed by atoms with Crippen LogP contribution in [0.25, 0.3) is 0 Å². The highest BCUT2D eigenvalue weighted by Gasteiger charge is 2.42. The number of phenols is 1. The molecular formula is C29H40N4O6. The maximum atomic E-state index is 14.1. The first-order valence-corrected chi connectivity index (χ1v) is 12.7. The van der Waals surface area contributed by atoms with E-state index >= 15 is 0 Å². The van der Waals surface area contributed by atoms with E-state index < -0.39 is 53.5 Å². The highest BCUT2D eigenvalue weighted by molar-refractivity contribution is 5.95. The number of rotatable bonds is 9. The Kier molecular flexibility index (Phi) is 10.1. The van der Waals surface area contributed by atoms with Gasteiger partial charge in [-0.15, -0.1) is 0 Å². The van der Waals surface area contributed by atoms with Gasteiger partial charge in [-0.05, 0) is 77.3 Å². The molecule has 39 heavy (non-hydrogen) atoms. The largest absolute Gasteiger partial charge is 0.508 e. The number of hydrogen-bond acceptors (Lipinski definition) is 6. The molecule has 0 fully saturated rings. The van der Waals surface area contributed by atoms with Gasteiger partial charge in [0.25, 0.3) is 0 Å². The summed E-state index contributed by atoms with van der Waals surface area (Å²) in [6, 6.07) is 11.4. The summed E-state index contributed by atoms with van der Waals surface area (Å²) in [5.74, 6) is -1.96.